The third-order valence-corrected chi connectivity index (χ3v) is 10.3. The Hall–Kier alpha value is -4.28. The van der Waals surface area contributed by atoms with Gasteiger partial charge in [0.1, 0.15) is 36.6 Å². The lowest BCUT2D eigenvalue weighted by atomic mass is 9.86. The van der Waals surface area contributed by atoms with Crippen molar-refractivity contribution in [3.63, 3.8) is 0 Å². The number of phosphoric acid groups is 1. The number of hydrogen-bond acceptors (Lipinski definition) is 13. The van der Waals surface area contributed by atoms with Gasteiger partial charge in [-0.25, -0.2) is 19.3 Å². The number of carbonyl (C=O) groups is 1. The van der Waals surface area contributed by atoms with Gasteiger partial charge in [0, 0.05) is 22.9 Å². The van der Waals surface area contributed by atoms with Crippen LogP contribution in [0.5, 0.6) is 0 Å². The van der Waals surface area contributed by atoms with Gasteiger partial charge in [-0.1, -0.05) is 25.1 Å². The monoisotopic (exact) mass is 678 g/mol. The molecule has 1 aromatic carbocycles. The van der Waals surface area contributed by atoms with Crippen molar-refractivity contribution in [1.82, 2.24) is 19.1 Å². The van der Waals surface area contributed by atoms with Gasteiger partial charge in [0.15, 0.2) is 0 Å². The van der Waals surface area contributed by atoms with Crippen molar-refractivity contribution in [2.45, 2.75) is 63.1 Å². The highest BCUT2D eigenvalue weighted by atomic mass is 31.2. The number of aliphatic imine (C=N–C) groups is 1. The van der Waals surface area contributed by atoms with Crippen molar-refractivity contribution in [3.8, 4) is 11.4 Å². The van der Waals surface area contributed by atoms with Gasteiger partial charge in [-0.2, -0.15) is 0 Å². The summed E-state index contributed by atoms with van der Waals surface area (Å²) in [6.07, 6.45) is -1.04. The molecular formula is C31H31N6O10P. The molecule has 0 aliphatic carbocycles. The fourth-order valence-corrected chi connectivity index (χ4v) is 7.91. The molecular weight excluding hydrogens is 647 g/mol. The smallest absolute Gasteiger partial charge is 0.458 e. The molecule has 17 heteroatoms. The lowest BCUT2D eigenvalue weighted by Gasteiger charge is -2.36. The number of cyclic esters (lactones) is 1. The van der Waals surface area contributed by atoms with Gasteiger partial charge in [-0.05, 0) is 24.6 Å². The van der Waals surface area contributed by atoms with E-state index < -0.39 is 56.1 Å². The number of benzene rings is 1. The van der Waals surface area contributed by atoms with E-state index >= 15 is 0 Å². The molecule has 4 N–H and O–H groups in total. The first kappa shape index (κ1) is 31.0. The zero-order valence-electron chi connectivity index (χ0n) is 25.6. The van der Waals surface area contributed by atoms with Crippen LogP contribution < -0.4 is 10.9 Å². The van der Waals surface area contributed by atoms with Crippen LogP contribution in [0, 0.1) is 0 Å². The molecule has 0 amide bonds. The molecule has 16 nitrogen and oxygen atoms in total. The number of carbonyl (C=O) groups excluding carboxylic acids is 1. The van der Waals surface area contributed by atoms with Gasteiger partial charge in [0.25, 0.3) is 5.56 Å². The van der Waals surface area contributed by atoms with Crippen molar-refractivity contribution >= 4 is 36.9 Å². The normalized spacial score (nSPS) is 27.0. The first-order valence-electron chi connectivity index (χ1n) is 15.4. The molecule has 1 saturated heterocycles. The summed E-state index contributed by atoms with van der Waals surface area (Å²) in [6, 6.07) is 11.1. The number of aliphatic hydroxyl groups excluding tert-OH is 2. The van der Waals surface area contributed by atoms with Gasteiger partial charge in [0.05, 0.1) is 60.9 Å². The summed E-state index contributed by atoms with van der Waals surface area (Å²) in [7, 11) is -5.06. The molecule has 48 heavy (non-hydrogen) atoms. The largest absolute Gasteiger partial charge is 0.473 e. The van der Waals surface area contributed by atoms with Crippen LogP contribution in [0.1, 0.15) is 54.5 Å². The van der Waals surface area contributed by atoms with Crippen LogP contribution >= 0.6 is 7.82 Å². The molecule has 4 aliphatic heterocycles. The molecule has 0 bridgehead atoms. The Morgan fingerprint density at radius 2 is 2.04 bits per heavy atom. The number of para-hydroxylation sites is 1. The number of nitrogens with one attached hydrogen (secondary N) is 1. The number of aromatic nitrogens is 4. The SMILES string of the molecule is CCC1(OP(=O)(O)OCC2OC(n3cnc4c3NC=NCC4O)CC2O)C(=O)OCc2c1cc1n(c2=O)Cc2cc3ccccc3nc2-1. The molecule has 1 fully saturated rings. The zero-order valence-corrected chi connectivity index (χ0v) is 26.4. The molecule has 7 heterocycles. The highest BCUT2D eigenvalue weighted by Gasteiger charge is 2.53. The Kier molecular flexibility index (Phi) is 7.37. The summed E-state index contributed by atoms with van der Waals surface area (Å²) in [6.45, 7) is 1.06. The van der Waals surface area contributed by atoms with E-state index in [1.54, 1.807) is 22.1 Å². The molecule has 6 atom stereocenters. The second-order valence-corrected chi connectivity index (χ2v) is 13.5. The third-order valence-electron chi connectivity index (χ3n) is 9.28. The fourth-order valence-electron chi connectivity index (χ4n) is 6.82. The Bertz CT molecular complexity index is 2110. The molecule has 8 rings (SSSR count). The summed E-state index contributed by atoms with van der Waals surface area (Å²) >= 11 is 0. The number of pyridine rings is 2. The van der Waals surface area contributed by atoms with Crippen LogP contribution in [0.15, 0.2) is 52.5 Å². The van der Waals surface area contributed by atoms with E-state index in [1.165, 1.54) is 12.7 Å². The number of nitrogens with zero attached hydrogens (tertiary/aromatic N) is 5. The summed E-state index contributed by atoms with van der Waals surface area (Å²) in [5.41, 5.74) is 0.579. The van der Waals surface area contributed by atoms with E-state index in [2.05, 4.69) is 15.3 Å². The molecule has 4 aliphatic rings. The van der Waals surface area contributed by atoms with Crippen LogP contribution in [0.2, 0.25) is 0 Å². The minimum Gasteiger partial charge on any atom is -0.458 e. The maximum absolute atomic E-state index is 13.8. The highest BCUT2D eigenvalue weighted by molar-refractivity contribution is 7.47. The van der Waals surface area contributed by atoms with Gasteiger partial charge in [0.2, 0.25) is 5.60 Å². The number of aliphatic hydroxyl groups is 2. The zero-order chi connectivity index (χ0) is 33.4. The van der Waals surface area contributed by atoms with Crippen molar-refractivity contribution in [1.29, 1.82) is 0 Å². The quantitative estimate of drug-likeness (QED) is 0.144. The molecule has 250 valence electrons. The van der Waals surface area contributed by atoms with Crippen LogP contribution in [0.3, 0.4) is 0 Å². The van der Waals surface area contributed by atoms with Crippen LogP contribution in [-0.2, 0) is 46.6 Å². The Morgan fingerprint density at radius 1 is 1.21 bits per heavy atom. The van der Waals surface area contributed by atoms with E-state index in [-0.39, 0.29) is 43.7 Å². The number of phosphoric ester groups is 1. The van der Waals surface area contributed by atoms with Crippen molar-refractivity contribution < 1.29 is 43.0 Å². The molecule has 6 unspecified atom stereocenters. The summed E-state index contributed by atoms with van der Waals surface area (Å²) in [4.78, 5) is 51.2. The average molecular weight is 679 g/mol. The van der Waals surface area contributed by atoms with E-state index in [0.29, 0.717) is 22.9 Å². The van der Waals surface area contributed by atoms with Crippen LogP contribution in [-0.4, -0.2) is 71.9 Å². The number of esters is 1. The van der Waals surface area contributed by atoms with Crippen LogP contribution in [0.4, 0.5) is 5.82 Å². The number of rotatable bonds is 7. The predicted octanol–water partition coefficient (Wildman–Crippen LogP) is 2.25. The number of hydrogen-bond donors (Lipinski definition) is 4. The standard InChI is InChI=1S/C31H31N6O10P/c1-2-31(47-48(42,43)45-13-24-22(38)9-25(46-24)37-15-34-27-23(39)10-32-14-33-28(27)37)19-8-21-26-17(7-16-5-3-4-6-20(16)35-26)11-36(21)29(40)18(19)12-44-30(31)41/h3-8,14-15,22-25,38-39H,2,9-13H2,1H3,(H,32,33)(H,42,43). The Morgan fingerprint density at radius 3 is 2.88 bits per heavy atom. The van der Waals surface area contributed by atoms with E-state index in [1.807, 2.05) is 30.3 Å². The first-order valence-corrected chi connectivity index (χ1v) is 16.9. The molecule has 0 radical (unpaired) electrons. The Labute approximate surface area is 272 Å². The lowest BCUT2D eigenvalue weighted by molar-refractivity contribution is -0.171. The minimum absolute atomic E-state index is 0.0841. The second-order valence-electron chi connectivity index (χ2n) is 12.1. The molecule has 0 saturated carbocycles. The minimum atomic E-state index is -5.06. The summed E-state index contributed by atoms with van der Waals surface area (Å²) in [5.74, 6) is -0.507. The van der Waals surface area contributed by atoms with Crippen molar-refractivity contribution in [2.24, 2.45) is 4.99 Å². The van der Waals surface area contributed by atoms with Gasteiger partial charge >= 0.3 is 13.8 Å². The number of anilines is 1. The predicted molar refractivity (Wildman–Crippen MR) is 168 cm³/mol. The van der Waals surface area contributed by atoms with Gasteiger partial charge in [-0.3, -0.25) is 23.4 Å². The summed E-state index contributed by atoms with van der Waals surface area (Å²) < 4.78 is 38.9. The van der Waals surface area contributed by atoms with E-state index in [0.717, 1.165) is 16.5 Å². The fraction of sp³-hybridized carbons (Fsp3) is 0.387. The first-order chi connectivity index (χ1) is 23.1. The summed E-state index contributed by atoms with van der Waals surface area (Å²) in [5, 5.41) is 24.9. The van der Waals surface area contributed by atoms with E-state index in [4.69, 9.17) is 23.5 Å². The maximum atomic E-state index is 13.8. The Balaban J connectivity index is 1.05. The molecule has 4 aromatic rings. The third kappa shape index (κ3) is 4.91. The number of fused-ring (bicyclic) bond motifs is 6. The van der Waals surface area contributed by atoms with Crippen LogP contribution in [0.25, 0.3) is 22.3 Å². The average Bonchev–Trinajstić information content (AvgIpc) is 3.73. The van der Waals surface area contributed by atoms with Gasteiger partial charge in [-0.15, -0.1) is 0 Å². The number of imidazole rings is 1. The van der Waals surface area contributed by atoms with Crippen molar-refractivity contribution in [3.05, 3.63) is 75.5 Å². The van der Waals surface area contributed by atoms with E-state index in [9.17, 15) is 29.3 Å². The maximum Gasteiger partial charge on any atom is 0.473 e. The lowest BCUT2D eigenvalue weighted by Crippen LogP contribution is -2.46. The topological polar surface area (TPSA) is 209 Å². The molecule has 3 aromatic heterocycles. The van der Waals surface area contributed by atoms with Gasteiger partial charge < -0.3 is 34.5 Å². The second kappa shape index (κ2) is 11.4. The van der Waals surface area contributed by atoms with Crippen molar-refractivity contribution in [2.75, 3.05) is 18.5 Å². The highest BCUT2D eigenvalue weighted by Crippen LogP contribution is 2.54. The number of ether oxygens (including phenoxy) is 2. The molecule has 0 spiro atoms.